The first kappa shape index (κ1) is 13.1. The standard InChI is InChI=1S/C13H14BrN5O/c1-3-9-12(14)11(17(2)16-9)8-18-6-7-19-10(13(18)20)4-5-15-19/h4-7H,3,8H2,1-2H3. The molecule has 20 heavy (non-hydrogen) atoms. The summed E-state index contributed by atoms with van der Waals surface area (Å²) in [5.41, 5.74) is 2.49. The van der Waals surface area contributed by atoms with Crippen LogP contribution in [0.25, 0.3) is 5.52 Å². The Hall–Kier alpha value is -1.89. The highest BCUT2D eigenvalue weighted by Crippen LogP contribution is 2.22. The second-order valence-electron chi connectivity index (χ2n) is 4.58. The molecular weight excluding hydrogens is 322 g/mol. The maximum Gasteiger partial charge on any atom is 0.276 e. The van der Waals surface area contributed by atoms with Crippen molar-refractivity contribution >= 4 is 21.4 Å². The van der Waals surface area contributed by atoms with E-state index in [4.69, 9.17) is 0 Å². The number of aromatic nitrogens is 5. The maximum atomic E-state index is 12.4. The normalized spacial score (nSPS) is 11.3. The maximum absolute atomic E-state index is 12.4. The molecule has 3 rings (SSSR count). The largest absolute Gasteiger partial charge is 0.306 e. The predicted octanol–water partition coefficient (Wildman–Crippen LogP) is 1.60. The molecule has 0 amide bonds. The van der Waals surface area contributed by atoms with Crippen LogP contribution in [0.1, 0.15) is 18.3 Å². The van der Waals surface area contributed by atoms with Gasteiger partial charge in [0.1, 0.15) is 5.52 Å². The second kappa shape index (κ2) is 4.90. The van der Waals surface area contributed by atoms with Gasteiger partial charge in [-0.05, 0) is 28.4 Å². The van der Waals surface area contributed by atoms with Gasteiger partial charge < -0.3 is 4.57 Å². The van der Waals surface area contributed by atoms with E-state index < -0.39 is 0 Å². The average Bonchev–Trinajstić information content (AvgIpc) is 3.01. The highest BCUT2D eigenvalue weighted by Gasteiger charge is 2.14. The number of nitrogens with zero attached hydrogens (tertiary/aromatic N) is 5. The van der Waals surface area contributed by atoms with Crippen molar-refractivity contribution in [2.24, 2.45) is 7.05 Å². The number of hydrogen-bond acceptors (Lipinski definition) is 3. The van der Waals surface area contributed by atoms with Crippen LogP contribution in [0.2, 0.25) is 0 Å². The Morgan fingerprint density at radius 1 is 1.35 bits per heavy atom. The minimum atomic E-state index is -0.0591. The van der Waals surface area contributed by atoms with Gasteiger partial charge in [0, 0.05) is 19.4 Å². The molecule has 3 aromatic heterocycles. The summed E-state index contributed by atoms with van der Waals surface area (Å²) in [5, 5.41) is 8.50. The zero-order chi connectivity index (χ0) is 14.3. The molecule has 0 fully saturated rings. The monoisotopic (exact) mass is 335 g/mol. The molecule has 6 nitrogen and oxygen atoms in total. The Morgan fingerprint density at radius 3 is 2.85 bits per heavy atom. The predicted molar refractivity (Wildman–Crippen MR) is 78.8 cm³/mol. The summed E-state index contributed by atoms with van der Waals surface area (Å²) in [6, 6.07) is 1.72. The molecule has 0 aromatic carbocycles. The molecule has 3 aromatic rings. The molecule has 7 heteroatoms. The van der Waals surface area contributed by atoms with Gasteiger partial charge in [-0.3, -0.25) is 9.48 Å². The molecule has 0 spiro atoms. The molecule has 3 heterocycles. The summed E-state index contributed by atoms with van der Waals surface area (Å²) >= 11 is 3.57. The fourth-order valence-corrected chi connectivity index (χ4v) is 2.98. The Kier molecular flexibility index (Phi) is 3.21. The lowest BCUT2D eigenvalue weighted by atomic mass is 10.3. The van der Waals surface area contributed by atoms with Crippen molar-refractivity contribution in [1.82, 2.24) is 24.0 Å². The zero-order valence-corrected chi connectivity index (χ0v) is 12.8. The quantitative estimate of drug-likeness (QED) is 0.730. The number of fused-ring (bicyclic) bond motifs is 1. The van der Waals surface area contributed by atoms with Gasteiger partial charge >= 0.3 is 0 Å². The lowest BCUT2D eigenvalue weighted by Gasteiger charge is -2.07. The van der Waals surface area contributed by atoms with Gasteiger partial charge in [0.2, 0.25) is 0 Å². The highest BCUT2D eigenvalue weighted by molar-refractivity contribution is 9.10. The van der Waals surface area contributed by atoms with Crippen LogP contribution in [0.3, 0.4) is 0 Å². The number of aryl methyl sites for hydroxylation is 2. The smallest absolute Gasteiger partial charge is 0.276 e. The molecule has 0 aliphatic carbocycles. The van der Waals surface area contributed by atoms with Crippen molar-refractivity contribution < 1.29 is 0 Å². The van der Waals surface area contributed by atoms with Crippen LogP contribution < -0.4 is 5.56 Å². The van der Waals surface area contributed by atoms with Crippen molar-refractivity contribution in [3.63, 3.8) is 0 Å². The van der Waals surface area contributed by atoms with Gasteiger partial charge in [-0.1, -0.05) is 6.92 Å². The zero-order valence-electron chi connectivity index (χ0n) is 11.2. The number of hydrogen-bond donors (Lipinski definition) is 0. The van der Waals surface area contributed by atoms with E-state index in [9.17, 15) is 4.79 Å². The molecule has 0 atom stereocenters. The lowest BCUT2D eigenvalue weighted by molar-refractivity contribution is 0.645. The molecule has 104 valence electrons. The van der Waals surface area contributed by atoms with Gasteiger partial charge in [-0.25, -0.2) is 4.52 Å². The van der Waals surface area contributed by atoms with Crippen molar-refractivity contribution in [2.75, 3.05) is 0 Å². The van der Waals surface area contributed by atoms with E-state index in [2.05, 4.69) is 33.1 Å². The van der Waals surface area contributed by atoms with E-state index in [1.165, 1.54) is 0 Å². The molecular formula is C13H14BrN5O. The third-order valence-electron chi connectivity index (χ3n) is 3.36. The molecule has 0 aliphatic heterocycles. The molecule has 0 aliphatic rings. The van der Waals surface area contributed by atoms with E-state index >= 15 is 0 Å². The van der Waals surface area contributed by atoms with Gasteiger partial charge in [0.15, 0.2) is 0 Å². The van der Waals surface area contributed by atoms with Gasteiger partial charge in [0.25, 0.3) is 5.56 Å². The van der Waals surface area contributed by atoms with E-state index in [-0.39, 0.29) is 5.56 Å². The van der Waals surface area contributed by atoms with Crippen molar-refractivity contribution in [1.29, 1.82) is 0 Å². The van der Waals surface area contributed by atoms with Crippen molar-refractivity contribution in [3.05, 3.63) is 50.9 Å². The van der Waals surface area contributed by atoms with E-state index in [0.717, 1.165) is 22.3 Å². The van der Waals surface area contributed by atoms with E-state index in [0.29, 0.717) is 12.1 Å². The SMILES string of the molecule is CCc1nn(C)c(Cn2ccn3nccc3c2=O)c1Br. The molecule has 0 unspecified atom stereocenters. The Balaban J connectivity index is 2.07. The Bertz CT molecular complexity index is 829. The summed E-state index contributed by atoms with van der Waals surface area (Å²) < 4.78 is 6.03. The third kappa shape index (κ3) is 1.98. The summed E-state index contributed by atoms with van der Waals surface area (Å²) in [6.45, 7) is 2.53. The van der Waals surface area contributed by atoms with Gasteiger partial charge in [-0.15, -0.1) is 0 Å². The molecule has 0 bridgehead atoms. The first-order chi connectivity index (χ1) is 9.61. The van der Waals surface area contributed by atoms with Crippen LogP contribution in [0.15, 0.2) is 33.9 Å². The van der Waals surface area contributed by atoms with Crippen LogP contribution >= 0.6 is 15.9 Å². The fourth-order valence-electron chi connectivity index (χ4n) is 2.24. The topological polar surface area (TPSA) is 57.1 Å². The van der Waals surface area contributed by atoms with Gasteiger partial charge in [-0.2, -0.15) is 10.2 Å². The molecule has 0 saturated carbocycles. The first-order valence-corrected chi connectivity index (χ1v) is 7.14. The minimum Gasteiger partial charge on any atom is -0.306 e. The van der Waals surface area contributed by atoms with Crippen LogP contribution in [-0.2, 0) is 20.0 Å². The Morgan fingerprint density at radius 2 is 2.15 bits per heavy atom. The summed E-state index contributed by atoms with van der Waals surface area (Å²) in [6.07, 6.45) is 6.00. The van der Waals surface area contributed by atoms with Crippen LogP contribution in [0.5, 0.6) is 0 Å². The third-order valence-corrected chi connectivity index (χ3v) is 4.28. The Labute approximate surface area is 123 Å². The second-order valence-corrected chi connectivity index (χ2v) is 5.37. The van der Waals surface area contributed by atoms with Crippen LogP contribution in [0, 0.1) is 0 Å². The lowest BCUT2D eigenvalue weighted by Crippen LogP contribution is -2.23. The summed E-state index contributed by atoms with van der Waals surface area (Å²) in [4.78, 5) is 12.4. The van der Waals surface area contributed by atoms with Crippen LogP contribution in [0.4, 0.5) is 0 Å². The van der Waals surface area contributed by atoms with Crippen LogP contribution in [-0.4, -0.2) is 24.0 Å². The number of rotatable bonds is 3. The van der Waals surface area contributed by atoms with Gasteiger partial charge in [0.05, 0.1) is 28.6 Å². The fraction of sp³-hybridized carbons (Fsp3) is 0.308. The van der Waals surface area contributed by atoms with E-state index in [1.807, 2.05) is 11.7 Å². The minimum absolute atomic E-state index is 0.0591. The molecule has 0 N–H and O–H groups in total. The van der Waals surface area contributed by atoms with E-state index in [1.54, 1.807) is 33.7 Å². The average molecular weight is 336 g/mol. The summed E-state index contributed by atoms with van der Waals surface area (Å²) in [7, 11) is 1.89. The molecule has 0 radical (unpaired) electrons. The molecule has 0 saturated heterocycles. The summed E-state index contributed by atoms with van der Waals surface area (Å²) in [5.74, 6) is 0. The first-order valence-electron chi connectivity index (χ1n) is 6.35. The highest BCUT2D eigenvalue weighted by atomic mass is 79.9. The van der Waals surface area contributed by atoms with Crippen molar-refractivity contribution in [3.8, 4) is 0 Å². The van der Waals surface area contributed by atoms with Crippen molar-refractivity contribution in [2.45, 2.75) is 19.9 Å². The number of halogens is 1.